The summed E-state index contributed by atoms with van der Waals surface area (Å²) in [4.78, 5) is 27.5. The molecule has 0 radical (unpaired) electrons. The Morgan fingerprint density at radius 3 is 2.86 bits per heavy atom. The van der Waals surface area contributed by atoms with Crippen molar-refractivity contribution in [3.05, 3.63) is 41.5 Å². The Morgan fingerprint density at radius 1 is 1.33 bits per heavy atom. The Morgan fingerprint density at radius 2 is 2.14 bits per heavy atom. The molecule has 21 heavy (non-hydrogen) atoms. The third-order valence-corrected chi connectivity index (χ3v) is 3.62. The quantitative estimate of drug-likeness (QED) is 0.667. The number of thioether (sulfide) groups is 1. The maximum atomic E-state index is 11.8. The second-order valence-electron chi connectivity index (χ2n) is 4.27. The molecule has 1 N–H and O–H groups in total. The molecule has 0 fully saturated rings. The Kier molecular flexibility index (Phi) is 5.57. The van der Waals surface area contributed by atoms with Gasteiger partial charge in [0, 0.05) is 18.5 Å². The van der Waals surface area contributed by atoms with Crippen molar-refractivity contribution in [3.63, 3.8) is 0 Å². The average Bonchev–Trinajstić information content (AvgIpc) is 2.52. The van der Waals surface area contributed by atoms with Crippen molar-refractivity contribution >= 4 is 29.1 Å². The third-order valence-electron chi connectivity index (χ3n) is 2.76. The molecular formula is C15H15NO4S. The van der Waals surface area contributed by atoms with Crippen LogP contribution in [0.1, 0.15) is 16.8 Å². The van der Waals surface area contributed by atoms with Crippen molar-refractivity contribution in [1.82, 2.24) is 0 Å². The van der Waals surface area contributed by atoms with Gasteiger partial charge >= 0.3 is 5.97 Å². The summed E-state index contributed by atoms with van der Waals surface area (Å²) in [6.45, 7) is 0.829. The molecule has 1 aromatic carbocycles. The summed E-state index contributed by atoms with van der Waals surface area (Å²) in [5.74, 6) is -0.131. The van der Waals surface area contributed by atoms with E-state index in [9.17, 15) is 14.7 Å². The number of para-hydroxylation sites is 1. The molecule has 0 aliphatic carbocycles. The van der Waals surface area contributed by atoms with Gasteiger partial charge in [0.15, 0.2) is 0 Å². The number of ether oxygens (including phenoxy) is 1. The zero-order chi connectivity index (χ0) is 15.1. The molecule has 0 amide bonds. The van der Waals surface area contributed by atoms with Crippen molar-refractivity contribution in [2.75, 3.05) is 18.9 Å². The number of phenolic OH excluding ortho intramolecular Hbond substituents is 1. The van der Waals surface area contributed by atoms with Crippen LogP contribution in [-0.2, 0) is 9.53 Å². The summed E-state index contributed by atoms with van der Waals surface area (Å²) in [7, 11) is 0. The molecular weight excluding hydrogens is 290 g/mol. The van der Waals surface area contributed by atoms with E-state index in [0.29, 0.717) is 17.9 Å². The van der Waals surface area contributed by atoms with Crippen molar-refractivity contribution in [3.8, 4) is 5.75 Å². The van der Waals surface area contributed by atoms with Gasteiger partial charge in [-0.15, -0.1) is 0 Å². The Balaban J connectivity index is 1.74. The van der Waals surface area contributed by atoms with E-state index in [1.54, 1.807) is 24.3 Å². The van der Waals surface area contributed by atoms with Crippen molar-refractivity contribution in [1.29, 1.82) is 0 Å². The first kappa shape index (κ1) is 15.3. The minimum Gasteiger partial charge on any atom is -0.507 e. The fraction of sp³-hybridized carbons (Fsp3) is 0.267. The summed E-state index contributed by atoms with van der Waals surface area (Å²) in [5.41, 5.74) is 0.717. The van der Waals surface area contributed by atoms with Crippen LogP contribution >= 0.6 is 11.8 Å². The highest BCUT2D eigenvalue weighted by atomic mass is 32.2. The second kappa shape index (κ2) is 7.64. The SMILES string of the molecule is O=C(OCCSC(=O)c1ccccc1O)C1=CCCN=C1. The van der Waals surface area contributed by atoms with Gasteiger partial charge in [0.25, 0.3) is 0 Å². The van der Waals surface area contributed by atoms with Crippen molar-refractivity contribution in [2.24, 2.45) is 4.99 Å². The normalized spacial score (nSPS) is 13.6. The zero-order valence-electron chi connectivity index (χ0n) is 11.3. The van der Waals surface area contributed by atoms with Crippen LogP contribution in [0.25, 0.3) is 0 Å². The fourth-order valence-corrected chi connectivity index (χ4v) is 2.40. The largest absolute Gasteiger partial charge is 0.507 e. The molecule has 0 saturated heterocycles. The van der Waals surface area contributed by atoms with Gasteiger partial charge in [-0.1, -0.05) is 30.0 Å². The first-order valence-electron chi connectivity index (χ1n) is 6.50. The zero-order valence-corrected chi connectivity index (χ0v) is 12.1. The lowest BCUT2D eigenvalue weighted by molar-refractivity contribution is -0.137. The number of hydrogen-bond acceptors (Lipinski definition) is 6. The van der Waals surface area contributed by atoms with E-state index in [0.717, 1.165) is 18.2 Å². The van der Waals surface area contributed by atoms with Gasteiger partial charge in [-0.2, -0.15) is 0 Å². The number of benzene rings is 1. The molecule has 0 bridgehead atoms. The number of rotatable bonds is 5. The summed E-state index contributed by atoms with van der Waals surface area (Å²) < 4.78 is 5.06. The molecule has 110 valence electrons. The Bertz CT molecular complexity index is 595. The predicted octanol–water partition coefficient (Wildman–Crippen LogP) is 2.21. The van der Waals surface area contributed by atoms with Gasteiger partial charge in [-0.05, 0) is 18.6 Å². The lowest BCUT2D eigenvalue weighted by atomic mass is 10.2. The molecule has 1 heterocycles. The van der Waals surface area contributed by atoms with Crippen LogP contribution in [0.5, 0.6) is 5.75 Å². The van der Waals surface area contributed by atoms with E-state index in [1.807, 2.05) is 0 Å². The number of carbonyl (C=O) groups is 2. The number of carbonyl (C=O) groups excluding carboxylic acids is 2. The number of aliphatic imine (C=N–C) groups is 1. The fourth-order valence-electron chi connectivity index (χ4n) is 1.72. The monoisotopic (exact) mass is 305 g/mol. The molecule has 1 aromatic rings. The predicted molar refractivity (Wildman–Crippen MR) is 81.9 cm³/mol. The van der Waals surface area contributed by atoms with Crippen LogP contribution < -0.4 is 0 Å². The molecule has 0 aromatic heterocycles. The first-order valence-corrected chi connectivity index (χ1v) is 7.49. The molecule has 2 rings (SSSR count). The summed E-state index contributed by atoms with van der Waals surface area (Å²) in [6, 6.07) is 6.35. The van der Waals surface area contributed by atoms with E-state index in [4.69, 9.17) is 4.74 Å². The molecule has 0 saturated carbocycles. The van der Waals surface area contributed by atoms with Crippen molar-refractivity contribution in [2.45, 2.75) is 6.42 Å². The molecule has 5 nitrogen and oxygen atoms in total. The van der Waals surface area contributed by atoms with Crippen molar-refractivity contribution < 1.29 is 19.4 Å². The minimum atomic E-state index is -0.422. The van der Waals surface area contributed by atoms with Crippen LogP contribution in [0, 0.1) is 0 Å². The number of dihydropyridines is 1. The van der Waals surface area contributed by atoms with Gasteiger partial charge in [0.1, 0.15) is 12.4 Å². The molecule has 1 aliphatic rings. The van der Waals surface area contributed by atoms with Crippen LogP contribution in [0.2, 0.25) is 0 Å². The molecule has 0 unspecified atom stereocenters. The highest BCUT2D eigenvalue weighted by Gasteiger charge is 2.13. The average molecular weight is 305 g/mol. The summed E-state index contributed by atoms with van der Waals surface area (Å²) in [6.07, 6.45) is 4.03. The van der Waals surface area contributed by atoms with Gasteiger partial charge in [0.2, 0.25) is 5.12 Å². The standard InChI is InChI=1S/C15H15NO4S/c17-13-6-2-1-5-12(13)15(19)21-9-8-20-14(18)11-4-3-7-16-10-11/h1-2,4-6,10,17H,3,7-9H2. The lowest BCUT2D eigenvalue weighted by Gasteiger charge is -2.07. The number of hydrogen-bond donors (Lipinski definition) is 1. The van der Waals surface area contributed by atoms with E-state index in [2.05, 4.69) is 4.99 Å². The Labute approximate surface area is 126 Å². The van der Waals surface area contributed by atoms with Crippen LogP contribution in [0.15, 0.2) is 40.9 Å². The minimum absolute atomic E-state index is 0.0458. The third kappa shape index (κ3) is 4.46. The first-order chi connectivity index (χ1) is 10.2. The second-order valence-corrected chi connectivity index (χ2v) is 5.34. The molecule has 1 aliphatic heterocycles. The van der Waals surface area contributed by atoms with Crippen LogP contribution in [0.3, 0.4) is 0 Å². The van der Waals surface area contributed by atoms with E-state index >= 15 is 0 Å². The van der Waals surface area contributed by atoms with E-state index in [1.165, 1.54) is 12.3 Å². The maximum Gasteiger partial charge on any atom is 0.339 e. The smallest absolute Gasteiger partial charge is 0.339 e. The molecule has 0 atom stereocenters. The lowest BCUT2D eigenvalue weighted by Crippen LogP contribution is -2.13. The highest BCUT2D eigenvalue weighted by molar-refractivity contribution is 8.14. The number of aromatic hydroxyl groups is 1. The highest BCUT2D eigenvalue weighted by Crippen LogP contribution is 2.21. The molecule has 0 spiro atoms. The van der Waals surface area contributed by atoms with Crippen LogP contribution in [-0.4, -0.2) is 41.3 Å². The number of phenols is 1. The van der Waals surface area contributed by atoms with Gasteiger partial charge in [-0.25, -0.2) is 4.79 Å². The molecule has 6 heteroatoms. The van der Waals surface area contributed by atoms with E-state index in [-0.39, 0.29) is 23.0 Å². The van der Waals surface area contributed by atoms with Gasteiger partial charge in [-0.3, -0.25) is 9.79 Å². The summed E-state index contributed by atoms with van der Waals surface area (Å²) >= 11 is 1.00. The summed E-state index contributed by atoms with van der Waals surface area (Å²) in [5, 5.41) is 9.31. The maximum absolute atomic E-state index is 11.8. The van der Waals surface area contributed by atoms with E-state index < -0.39 is 5.97 Å². The van der Waals surface area contributed by atoms with Gasteiger partial charge < -0.3 is 9.84 Å². The van der Waals surface area contributed by atoms with Crippen LogP contribution in [0.4, 0.5) is 0 Å². The van der Waals surface area contributed by atoms with Gasteiger partial charge in [0.05, 0.1) is 11.1 Å². The topological polar surface area (TPSA) is 76.0 Å². The number of esters is 1. The Hall–Kier alpha value is -2.08. The number of nitrogens with zero attached hydrogens (tertiary/aromatic N) is 1.